The molecule has 0 spiro atoms. The van der Waals surface area contributed by atoms with Crippen molar-refractivity contribution in [2.75, 3.05) is 27.2 Å². The number of nitrogens with zero attached hydrogens (tertiary/aromatic N) is 1. The van der Waals surface area contributed by atoms with Crippen LogP contribution in [0.5, 0.6) is 0 Å². The molecule has 2 heteroatoms. The van der Waals surface area contributed by atoms with E-state index in [9.17, 15) is 0 Å². The SMILES string of the molecule is CC(CCNCC1(N(C)C)CCC1)c1ccccc1. The molecule has 2 rings (SSSR count). The minimum atomic E-state index is 0.440. The van der Waals surface area contributed by atoms with Gasteiger partial charge in [-0.3, -0.25) is 0 Å². The lowest BCUT2D eigenvalue weighted by molar-refractivity contribution is 0.0601. The molecule has 1 aliphatic carbocycles. The van der Waals surface area contributed by atoms with E-state index in [0.717, 1.165) is 13.1 Å². The predicted molar refractivity (Wildman–Crippen MR) is 82.6 cm³/mol. The molecule has 0 heterocycles. The molecule has 0 saturated heterocycles. The third-order valence-electron chi connectivity index (χ3n) is 4.81. The molecule has 106 valence electrons. The highest BCUT2D eigenvalue weighted by Crippen LogP contribution is 2.35. The summed E-state index contributed by atoms with van der Waals surface area (Å²) in [6.07, 6.45) is 5.30. The van der Waals surface area contributed by atoms with Gasteiger partial charge in [-0.15, -0.1) is 0 Å². The summed E-state index contributed by atoms with van der Waals surface area (Å²) in [4.78, 5) is 2.41. The van der Waals surface area contributed by atoms with Crippen LogP contribution in [0.25, 0.3) is 0 Å². The maximum atomic E-state index is 3.67. The molecule has 19 heavy (non-hydrogen) atoms. The second-order valence-corrected chi connectivity index (χ2v) is 6.25. The van der Waals surface area contributed by atoms with Gasteiger partial charge in [0.25, 0.3) is 0 Å². The smallest absolute Gasteiger partial charge is 0.0327 e. The van der Waals surface area contributed by atoms with Gasteiger partial charge < -0.3 is 10.2 Å². The van der Waals surface area contributed by atoms with Gasteiger partial charge in [0, 0.05) is 12.1 Å². The van der Waals surface area contributed by atoms with Crippen molar-refractivity contribution in [2.24, 2.45) is 0 Å². The van der Waals surface area contributed by atoms with Crippen LogP contribution in [0.15, 0.2) is 30.3 Å². The largest absolute Gasteiger partial charge is 0.315 e. The van der Waals surface area contributed by atoms with Crippen molar-refractivity contribution in [2.45, 2.75) is 44.1 Å². The number of likely N-dealkylation sites (N-methyl/N-ethyl adjacent to an activating group) is 1. The summed E-state index contributed by atoms with van der Waals surface area (Å²) < 4.78 is 0. The van der Waals surface area contributed by atoms with Crippen LogP contribution in [0.3, 0.4) is 0 Å². The van der Waals surface area contributed by atoms with E-state index in [1.807, 2.05) is 0 Å². The first-order chi connectivity index (χ1) is 9.14. The molecule has 0 amide bonds. The van der Waals surface area contributed by atoms with Gasteiger partial charge in [0.05, 0.1) is 0 Å². The van der Waals surface area contributed by atoms with Crippen molar-refractivity contribution in [1.82, 2.24) is 10.2 Å². The minimum Gasteiger partial charge on any atom is -0.315 e. The summed E-state index contributed by atoms with van der Waals surface area (Å²) >= 11 is 0. The maximum Gasteiger partial charge on any atom is 0.0327 e. The van der Waals surface area contributed by atoms with Crippen LogP contribution in [0.1, 0.15) is 44.1 Å². The first kappa shape index (κ1) is 14.5. The average Bonchev–Trinajstić information content (AvgIpc) is 2.37. The molecule has 0 aromatic heterocycles. The molecular weight excluding hydrogens is 232 g/mol. The minimum absolute atomic E-state index is 0.440. The zero-order chi connectivity index (χ0) is 13.7. The van der Waals surface area contributed by atoms with Crippen LogP contribution < -0.4 is 5.32 Å². The molecule has 1 aliphatic rings. The van der Waals surface area contributed by atoms with Crippen LogP contribution in [-0.2, 0) is 0 Å². The van der Waals surface area contributed by atoms with Crippen molar-refractivity contribution in [3.8, 4) is 0 Å². The summed E-state index contributed by atoms with van der Waals surface area (Å²) in [6.45, 7) is 4.58. The van der Waals surface area contributed by atoms with Crippen molar-refractivity contribution in [3.63, 3.8) is 0 Å². The quantitative estimate of drug-likeness (QED) is 0.757. The number of hydrogen-bond donors (Lipinski definition) is 1. The van der Waals surface area contributed by atoms with E-state index in [1.165, 1.54) is 31.2 Å². The van der Waals surface area contributed by atoms with Gasteiger partial charge in [-0.25, -0.2) is 0 Å². The molecule has 0 radical (unpaired) electrons. The second kappa shape index (κ2) is 6.53. The molecule has 1 unspecified atom stereocenters. The topological polar surface area (TPSA) is 15.3 Å². The van der Waals surface area contributed by atoms with Crippen molar-refractivity contribution in [3.05, 3.63) is 35.9 Å². The van der Waals surface area contributed by atoms with E-state index >= 15 is 0 Å². The van der Waals surface area contributed by atoms with E-state index in [-0.39, 0.29) is 0 Å². The highest BCUT2D eigenvalue weighted by molar-refractivity contribution is 5.18. The zero-order valence-electron chi connectivity index (χ0n) is 12.7. The molecule has 1 N–H and O–H groups in total. The third kappa shape index (κ3) is 3.58. The summed E-state index contributed by atoms with van der Waals surface area (Å²) in [5.74, 6) is 0.644. The van der Waals surface area contributed by atoms with Gasteiger partial charge in [0.15, 0.2) is 0 Å². The Morgan fingerprint density at radius 1 is 1.21 bits per heavy atom. The summed E-state index contributed by atoms with van der Waals surface area (Å²) in [5.41, 5.74) is 1.89. The van der Waals surface area contributed by atoms with Gasteiger partial charge >= 0.3 is 0 Å². The third-order valence-corrected chi connectivity index (χ3v) is 4.81. The van der Waals surface area contributed by atoms with Gasteiger partial charge in [-0.2, -0.15) is 0 Å². The van der Waals surface area contributed by atoms with E-state index in [0.29, 0.717) is 11.5 Å². The van der Waals surface area contributed by atoms with Gasteiger partial charge in [0.2, 0.25) is 0 Å². The van der Waals surface area contributed by atoms with Crippen LogP contribution in [0, 0.1) is 0 Å². The Morgan fingerprint density at radius 2 is 1.89 bits per heavy atom. The zero-order valence-corrected chi connectivity index (χ0v) is 12.7. The predicted octanol–water partition coefficient (Wildman–Crippen LogP) is 3.25. The molecule has 1 atom stereocenters. The molecular formula is C17H28N2. The van der Waals surface area contributed by atoms with Gasteiger partial charge in [-0.05, 0) is 57.8 Å². The molecule has 0 bridgehead atoms. The van der Waals surface area contributed by atoms with E-state index in [1.54, 1.807) is 0 Å². The van der Waals surface area contributed by atoms with Gasteiger partial charge in [0.1, 0.15) is 0 Å². The normalized spacial score (nSPS) is 19.2. The molecule has 1 saturated carbocycles. The van der Waals surface area contributed by atoms with Crippen LogP contribution >= 0.6 is 0 Å². The highest BCUT2D eigenvalue weighted by atomic mass is 15.2. The Balaban J connectivity index is 1.69. The molecule has 0 aliphatic heterocycles. The average molecular weight is 260 g/mol. The number of rotatable bonds is 7. The summed E-state index contributed by atoms with van der Waals surface area (Å²) in [7, 11) is 4.43. The lowest BCUT2D eigenvalue weighted by atomic mass is 9.75. The van der Waals surface area contributed by atoms with Crippen LogP contribution in [0.4, 0.5) is 0 Å². The van der Waals surface area contributed by atoms with E-state index < -0.39 is 0 Å². The second-order valence-electron chi connectivity index (χ2n) is 6.25. The fraction of sp³-hybridized carbons (Fsp3) is 0.647. The monoisotopic (exact) mass is 260 g/mol. The Hall–Kier alpha value is -0.860. The van der Waals surface area contributed by atoms with Crippen LogP contribution in [0.2, 0.25) is 0 Å². The van der Waals surface area contributed by atoms with Crippen LogP contribution in [-0.4, -0.2) is 37.6 Å². The van der Waals surface area contributed by atoms with Gasteiger partial charge in [-0.1, -0.05) is 37.3 Å². The molecule has 1 aromatic rings. The molecule has 2 nitrogen and oxygen atoms in total. The Morgan fingerprint density at radius 3 is 2.42 bits per heavy atom. The number of nitrogens with one attached hydrogen (secondary N) is 1. The molecule has 1 fully saturated rings. The first-order valence-electron chi connectivity index (χ1n) is 7.57. The Bertz CT molecular complexity index is 368. The van der Waals surface area contributed by atoms with Crippen molar-refractivity contribution >= 4 is 0 Å². The fourth-order valence-corrected chi connectivity index (χ4v) is 2.95. The highest BCUT2D eigenvalue weighted by Gasteiger charge is 2.38. The van der Waals surface area contributed by atoms with E-state index in [4.69, 9.17) is 0 Å². The Labute approximate surface area is 118 Å². The number of benzene rings is 1. The summed E-state index contributed by atoms with van der Waals surface area (Å²) in [5, 5.41) is 3.67. The van der Waals surface area contributed by atoms with E-state index in [2.05, 4.69) is 61.6 Å². The standard InChI is InChI=1S/C17H28N2/c1-15(16-8-5-4-6-9-16)10-13-18-14-17(19(2)3)11-7-12-17/h4-6,8-9,15,18H,7,10-14H2,1-3H3. The lowest BCUT2D eigenvalue weighted by Gasteiger charge is -2.47. The first-order valence-corrected chi connectivity index (χ1v) is 7.57. The lowest BCUT2D eigenvalue weighted by Crippen LogP contribution is -2.56. The fourth-order valence-electron chi connectivity index (χ4n) is 2.95. The number of hydrogen-bond acceptors (Lipinski definition) is 2. The molecule has 1 aromatic carbocycles. The summed E-state index contributed by atoms with van der Waals surface area (Å²) in [6, 6.07) is 10.8. The Kier molecular flexibility index (Phi) is 5.00. The van der Waals surface area contributed by atoms with Crippen molar-refractivity contribution < 1.29 is 0 Å². The maximum absolute atomic E-state index is 3.67. The van der Waals surface area contributed by atoms with Crippen molar-refractivity contribution in [1.29, 1.82) is 0 Å².